The fourth-order valence-corrected chi connectivity index (χ4v) is 3.44. The van der Waals surface area contributed by atoms with Crippen LogP contribution in [0.1, 0.15) is 24.3 Å². The number of hydrogen-bond acceptors (Lipinski definition) is 6. The molecule has 8 nitrogen and oxygen atoms in total. The molecule has 0 saturated carbocycles. The lowest BCUT2D eigenvalue weighted by atomic mass is 9.96. The van der Waals surface area contributed by atoms with Gasteiger partial charge in [-0.25, -0.2) is 4.39 Å². The van der Waals surface area contributed by atoms with Crippen LogP contribution in [0.3, 0.4) is 0 Å². The lowest BCUT2D eigenvalue weighted by Gasteiger charge is -2.33. The summed E-state index contributed by atoms with van der Waals surface area (Å²) in [5, 5.41) is 2.32. The quantitative estimate of drug-likeness (QED) is 0.646. The summed E-state index contributed by atoms with van der Waals surface area (Å²) >= 11 is 0. The van der Waals surface area contributed by atoms with Crippen LogP contribution in [-0.4, -0.2) is 48.0 Å². The maximum Gasteiger partial charge on any atom is 0.419 e. The van der Waals surface area contributed by atoms with Crippen molar-refractivity contribution < 1.29 is 41.0 Å². The molecule has 1 aromatic heterocycles. The number of benzene rings is 1. The average Bonchev–Trinajstić information content (AvgIpc) is 3.02. The maximum atomic E-state index is 14.3. The Hall–Kier alpha value is -3.48. The molecule has 0 spiro atoms. The van der Waals surface area contributed by atoms with E-state index in [9.17, 15) is 31.5 Å². The molecule has 0 radical (unpaired) electrons. The second kappa shape index (κ2) is 8.46. The number of hydrogen-bond donors (Lipinski definition) is 2. The molecular formula is C20H19F5N4O4. The van der Waals surface area contributed by atoms with Gasteiger partial charge in [0.1, 0.15) is 5.69 Å². The normalized spacial score (nSPS) is 22.8. The van der Waals surface area contributed by atoms with Crippen molar-refractivity contribution in [1.29, 1.82) is 0 Å². The van der Waals surface area contributed by atoms with Crippen LogP contribution in [0.4, 0.5) is 33.3 Å². The number of nitrogens with two attached hydrogens (primary N) is 1. The van der Waals surface area contributed by atoms with E-state index < -0.39 is 53.2 Å². The van der Waals surface area contributed by atoms with Gasteiger partial charge in [-0.3, -0.25) is 14.6 Å². The van der Waals surface area contributed by atoms with Crippen LogP contribution in [0.25, 0.3) is 0 Å². The highest BCUT2D eigenvalue weighted by Gasteiger charge is 2.65. The zero-order chi connectivity index (χ0) is 24.7. The second-order valence-corrected chi connectivity index (χ2v) is 7.36. The molecule has 0 bridgehead atoms. The molecule has 1 saturated heterocycles. The van der Waals surface area contributed by atoms with Crippen molar-refractivity contribution in [1.82, 2.24) is 4.98 Å². The summed E-state index contributed by atoms with van der Waals surface area (Å²) in [6.07, 6.45) is -5.71. The first-order valence-corrected chi connectivity index (χ1v) is 9.43. The fraction of sp³-hybridized carbons (Fsp3) is 0.350. The third-order valence-electron chi connectivity index (χ3n) is 5.40. The molecule has 1 fully saturated rings. The van der Waals surface area contributed by atoms with Crippen molar-refractivity contribution in [3.05, 3.63) is 47.8 Å². The Balaban J connectivity index is 2.07. The van der Waals surface area contributed by atoms with Crippen LogP contribution in [0.2, 0.25) is 0 Å². The number of methoxy groups -OCH3 is 1. The molecule has 1 aromatic carbocycles. The first kappa shape index (κ1) is 24.2. The number of alkyl halides is 3. The first-order valence-electron chi connectivity index (χ1n) is 9.43. The minimum atomic E-state index is -4.93. The Morgan fingerprint density at radius 3 is 2.52 bits per heavy atom. The molecule has 0 aliphatic carbocycles. The van der Waals surface area contributed by atoms with E-state index in [1.807, 2.05) is 0 Å². The predicted octanol–water partition coefficient (Wildman–Crippen LogP) is 2.98. The van der Waals surface area contributed by atoms with Crippen molar-refractivity contribution in [2.75, 3.05) is 17.3 Å². The smallest absolute Gasteiger partial charge is 0.419 e. The Morgan fingerprint density at radius 2 is 1.94 bits per heavy atom. The number of ether oxygens (including phenoxy) is 2. The Kier molecular flexibility index (Phi) is 6.20. The highest BCUT2D eigenvalue weighted by Crippen LogP contribution is 2.48. The van der Waals surface area contributed by atoms with Gasteiger partial charge >= 0.3 is 6.18 Å². The van der Waals surface area contributed by atoms with E-state index in [-0.39, 0.29) is 17.1 Å². The molecule has 3 atom stereocenters. The van der Waals surface area contributed by atoms with Crippen molar-refractivity contribution in [2.45, 2.75) is 37.9 Å². The molecule has 2 amide bonds. The number of anilines is 2. The summed E-state index contributed by atoms with van der Waals surface area (Å²) in [7, 11) is 1.00. The summed E-state index contributed by atoms with van der Waals surface area (Å²) in [6, 6.07) is 2.50. The number of halogens is 5. The van der Waals surface area contributed by atoms with Gasteiger partial charge in [0.15, 0.2) is 17.2 Å². The topological polar surface area (TPSA) is 107 Å². The lowest BCUT2D eigenvalue weighted by Crippen LogP contribution is -2.52. The standard InChI is InChI=1S/C20H19F5N4O4/c1-9-19(2,20(23,24)25)33-18(17(31)28-10-6-7-27-12(8-10)16(26)30)29(9)13-5-4-11(21)14(22)15(13)32-3/h4-9,18H,1-3H3,(H2,26,30)(H,27,28,31)/t9-,18?,19-/m1/s1. The number of pyridine rings is 1. The van der Waals surface area contributed by atoms with Crippen LogP contribution in [-0.2, 0) is 9.53 Å². The number of amides is 2. The number of carbonyl (C=O) groups is 2. The van der Waals surface area contributed by atoms with Crippen LogP contribution in [0, 0.1) is 11.6 Å². The number of nitrogens with zero attached hydrogens (tertiary/aromatic N) is 2. The summed E-state index contributed by atoms with van der Waals surface area (Å²) < 4.78 is 79.8. The second-order valence-electron chi connectivity index (χ2n) is 7.36. The SMILES string of the molecule is COc1c(N2C(C(=O)Nc3ccnc(C(N)=O)c3)O[C@@](C)(C(F)(F)F)[C@H]2C)ccc(F)c1F. The van der Waals surface area contributed by atoms with E-state index in [2.05, 4.69) is 10.3 Å². The van der Waals surface area contributed by atoms with Gasteiger partial charge in [0.05, 0.1) is 18.8 Å². The van der Waals surface area contributed by atoms with E-state index in [1.54, 1.807) is 0 Å². The molecular weight excluding hydrogens is 455 g/mol. The van der Waals surface area contributed by atoms with Gasteiger partial charge in [-0.1, -0.05) is 0 Å². The molecule has 13 heteroatoms. The molecule has 2 heterocycles. The molecule has 1 aliphatic rings. The Morgan fingerprint density at radius 1 is 1.27 bits per heavy atom. The van der Waals surface area contributed by atoms with Gasteiger partial charge in [0.2, 0.25) is 12.0 Å². The van der Waals surface area contributed by atoms with Crippen molar-refractivity contribution in [3.8, 4) is 5.75 Å². The van der Waals surface area contributed by atoms with Gasteiger partial charge in [0, 0.05) is 11.9 Å². The van der Waals surface area contributed by atoms with Gasteiger partial charge in [-0.2, -0.15) is 17.6 Å². The van der Waals surface area contributed by atoms with E-state index in [1.165, 1.54) is 6.07 Å². The first-order chi connectivity index (χ1) is 15.3. The minimum absolute atomic E-state index is 0.00198. The van der Waals surface area contributed by atoms with Gasteiger partial charge < -0.3 is 25.4 Å². The zero-order valence-electron chi connectivity index (χ0n) is 17.5. The van der Waals surface area contributed by atoms with Crippen LogP contribution >= 0.6 is 0 Å². The number of aromatic nitrogens is 1. The highest BCUT2D eigenvalue weighted by atomic mass is 19.4. The molecule has 3 N–H and O–H groups in total. The van der Waals surface area contributed by atoms with Gasteiger partial charge in [-0.05, 0) is 38.1 Å². The van der Waals surface area contributed by atoms with Crippen LogP contribution < -0.4 is 20.7 Å². The predicted molar refractivity (Wildman–Crippen MR) is 106 cm³/mol. The summed E-state index contributed by atoms with van der Waals surface area (Å²) in [5.74, 6) is -5.41. The fourth-order valence-electron chi connectivity index (χ4n) is 3.44. The van der Waals surface area contributed by atoms with E-state index in [0.717, 1.165) is 44.2 Å². The van der Waals surface area contributed by atoms with Crippen LogP contribution in [0.15, 0.2) is 30.5 Å². The highest BCUT2D eigenvalue weighted by molar-refractivity contribution is 5.98. The molecule has 33 heavy (non-hydrogen) atoms. The summed E-state index contributed by atoms with van der Waals surface area (Å²) in [4.78, 5) is 28.9. The maximum absolute atomic E-state index is 14.3. The number of primary amides is 1. The average molecular weight is 474 g/mol. The number of nitrogens with one attached hydrogen (secondary N) is 1. The Bertz CT molecular complexity index is 1100. The van der Waals surface area contributed by atoms with Gasteiger partial charge in [-0.15, -0.1) is 0 Å². The summed E-state index contributed by atoms with van der Waals surface area (Å²) in [5.41, 5.74) is 1.75. The number of carbonyl (C=O) groups excluding carboxylic acids is 2. The molecule has 1 unspecified atom stereocenters. The Labute approximate surface area is 184 Å². The third kappa shape index (κ3) is 4.15. The molecule has 3 rings (SSSR count). The molecule has 178 valence electrons. The number of rotatable bonds is 5. The van der Waals surface area contributed by atoms with Crippen molar-refractivity contribution in [3.63, 3.8) is 0 Å². The van der Waals surface area contributed by atoms with E-state index in [0.29, 0.717) is 6.07 Å². The van der Waals surface area contributed by atoms with Crippen molar-refractivity contribution >= 4 is 23.2 Å². The lowest BCUT2D eigenvalue weighted by molar-refractivity contribution is -0.264. The monoisotopic (exact) mass is 474 g/mol. The van der Waals surface area contributed by atoms with E-state index in [4.69, 9.17) is 15.2 Å². The van der Waals surface area contributed by atoms with Crippen LogP contribution in [0.5, 0.6) is 5.75 Å². The summed E-state index contributed by atoms with van der Waals surface area (Å²) in [6.45, 7) is 1.86. The molecule has 1 aliphatic heterocycles. The van der Waals surface area contributed by atoms with E-state index >= 15 is 0 Å². The third-order valence-corrected chi connectivity index (χ3v) is 5.40. The largest absolute Gasteiger partial charge is 0.491 e. The zero-order valence-corrected chi connectivity index (χ0v) is 17.5. The van der Waals surface area contributed by atoms with Gasteiger partial charge in [0.25, 0.3) is 11.8 Å². The van der Waals surface area contributed by atoms with Crippen molar-refractivity contribution in [2.24, 2.45) is 5.73 Å². The minimum Gasteiger partial charge on any atom is -0.491 e. The molecule has 2 aromatic rings.